The van der Waals surface area contributed by atoms with Gasteiger partial charge in [-0.1, -0.05) is 198 Å². The van der Waals surface area contributed by atoms with E-state index in [1.54, 1.807) is 0 Å². The molecule has 0 N–H and O–H groups in total. The molecule has 2 aliphatic rings. The minimum atomic E-state index is -0.900. The average molecular weight is 1140 g/mol. The van der Waals surface area contributed by atoms with E-state index >= 15 is 0 Å². The number of para-hydroxylation sites is 5. The predicted octanol–water partition coefficient (Wildman–Crippen LogP) is 22.6. The summed E-state index contributed by atoms with van der Waals surface area (Å²) in [5.41, 5.74) is 25.0. The van der Waals surface area contributed by atoms with Crippen molar-refractivity contribution < 1.29 is 8.83 Å². The van der Waals surface area contributed by atoms with Gasteiger partial charge in [0.2, 0.25) is 0 Å². The highest BCUT2D eigenvalue weighted by molar-refractivity contribution is 6.27. The number of furan rings is 2. The van der Waals surface area contributed by atoms with Crippen molar-refractivity contribution in [1.82, 2.24) is 13.7 Å². The first-order valence-corrected chi connectivity index (χ1v) is 31.5. The van der Waals surface area contributed by atoms with E-state index in [0.717, 1.165) is 77.3 Å². The minimum absolute atomic E-state index is 0.0642. The molecule has 6 heterocycles. The number of benzene rings is 11. The summed E-state index contributed by atoms with van der Waals surface area (Å²) in [4.78, 5) is 0. The molecule has 0 saturated heterocycles. The van der Waals surface area contributed by atoms with Gasteiger partial charge in [0.15, 0.2) is 11.2 Å². The number of rotatable bonds is 2. The van der Waals surface area contributed by atoms with Crippen LogP contribution in [0.1, 0.15) is 128 Å². The van der Waals surface area contributed by atoms with Crippen LogP contribution < -0.4 is 0 Å². The molecule has 0 atom stereocenters. The van der Waals surface area contributed by atoms with E-state index < -0.39 is 5.41 Å². The Kier molecular flexibility index (Phi) is 9.93. The fraction of sp³-hybridized carbons (Fsp3) is 0.205. The lowest BCUT2D eigenvalue weighted by molar-refractivity contribution is 0.590. The smallest absolute Gasteiger partial charge is 0.160 e. The van der Waals surface area contributed by atoms with E-state index in [-0.39, 0.29) is 21.7 Å². The first kappa shape index (κ1) is 51.6. The Hall–Kier alpha value is -9.58. The van der Waals surface area contributed by atoms with Crippen molar-refractivity contribution in [2.75, 3.05) is 0 Å². The highest BCUT2D eigenvalue weighted by Gasteiger charge is 2.54. The van der Waals surface area contributed by atoms with Crippen molar-refractivity contribution in [3.05, 3.63) is 245 Å². The maximum Gasteiger partial charge on any atom is 0.160 e. The van der Waals surface area contributed by atoms with Crippen molar-refractivity contribution in [2.45, 2.75) is 110 Å². The molecular weight excluding hydrogens is 1070 g/mol. The zero-order chi connectivity index (χ0) is 60.0. The van der Waals surface area contributed by atoms with Crippen LogP contribution in [-0.4, -0.2) is 13.7 Å². The van der Waals surface area contributed by atoms with E-state index in [2.05, 4.69) is 297 Å². The fourth-order valence-corrected chi connectivity index (χ4v) is 16.1. The topological polar surface area (TPSA) is 41.1 Å². The third-order valence-electron chi connectivity index (χ3n) is 20.4. The van der Waals surface area contributed by atoms with Gasteiger partial charge < -0.3 is 22.5 Å². The average Bonchev–Trinajstić information content (AvgIpc) is 1.47. The third-order valence-corrected chi connectivity index (χ3v) is 20.4. The second kappa shape index (κ2) is 16.9. The SMILES string of the molecule is CC(C)(C)c1ccc2c(c1)c1cc(C(C)(C)C)ccc1n2-c1cc2c(c3c1oc1ccccc13)-c1c(cc(-n3c4ccc(C(C)(C)C)cc4c4cc(C(C)(C)C)ccc43)c3oc4ccccc4c13)C21c2ccccc2-n2c3ccccc3c3cccc1c32. The lowest BCUT2D eigenvalue weighted by atomic mass is 9.65. The van der Waals surface area contributed by atoms with Crippen LogP contribution in [0.3, 0.4) is 0 Å². The van der Waals surface area contributed by atoms with Crippen molar-refractivity contribution in [2.24, 2.45) is 0 Å². The molecule has 0 unspecified atom stereocenters. The molecule has 0 radical (unpaired) electrons. The van der Waals surface area contributed by atoms with E-state index in [4.69, 9.17) is 8.83 Å². The maximum atomic E-state index is 7.58. The summed E-state index contributed by atoms with van der Waals surface area (Å²) >= 11 is 0. The van der Waals surface area contributed by atoms with Crippen LogP contribution in [0, 0.1) is 0 Å². The molecule has 16 aromatic rings. The van der Waals surface area contributed by atoms with Gasteiger partial charge in [-0.15, -0.1) is 0 Å². The highest BCUT2D eigenvalue weighted by Crippen LogP contribution is 2.66. The monoisotopic (exact) mass is 1140 g/mol. The quantitative estimate of drug-likeness (QED) is 0.173. The van der Waals surface area contributed by atoms with Crippen LogP contribution in [0.4, 0.5) is 0 Å². The molecule has 0 saturated carbocycles. The lowest BCUT2D eigenvalue weighted by Gasteiger charge is -2.40. The van der Waals surface area contributed by atoms with Gasteiger partial charge in [-0.3, -0.25) is 0 Å². The van der Waals surface area contributed by atoms with Gasteiger partial charge in [0.05, 0.1) is 55.6 Å². The Labute approximate surface area is 512 Å². The normalized spacial score (nSPS) is 14.2. The van der Waals surface area contributed by atoms with Crippen LogP contribution in [0.5, 0.6) is 0 Å². The summed E-state index contributed by atoms with van der Waals surface area (Å²) in [6, 6.07) is 76.8. The van der Waals surface area contributed by atoms with E-state index in [0.29, 0.717) is 0 Å². The molecule has 428 valence electrons. The molecule has 1 aliphatic carbocycles. The second-order valence-corrected chi connectivity index (χ2v) is 29.7. The molecule has 1 aliphatic heterocycles. The van der Waals surface area contributed by atoms with Crippen molar-refractivity contribution >= 4 is 109 Å². The Morgan fingerprint density at radius 2 is 0.648 bits per heavy atom. The van der Waals surface area contributed by atoms with Gasteiger partial charge in [0.25, 0.3) is 0 Å². The maximum absolute atomic E-state index is 7.58. The molecule has 5 heteroatoms. The van der Waals surface area contributed by atoms with Crippen LogP contribution >= 0.6 is 0 Å². The number of fused-ring (bicyclic) bond motifs is 26. The van der Waals surface area contributed by atoms with E-state index in [1.807, 2.05) is 0 Å². The highest BCUT2D eigenvalue weighted by atomic mass is 16.3. The first-order valence-electron chi connectivity index (χ1n) is 31.5. The van der Waals surface area contributed by atoms with Crippen LogP contribution in [-0.2, 0) is 27.1 Å². The Morgan fingerprint density at radius 1 is 0.284 bits per heavy atom. The number of hydrogen-bond donors (Lipinski definition) is 0. The molecule has 1 spiro atoms. The van der Waals surface area contributed by atoms with Gasteiger partial charge >= 0.3 is 0 Å². The molecule has 0 amide bonds. The number of nitrogens with zero attached hydrogens (tertiary/aromatic N) is 3. The zero-order valence-corrected chi connectivity index (χ0v) is 52.2. The zero-order valence-electron chi connectivity index (χ0n) is 52.2. The molecule has 0 bridgehead atoms. The predicted molar refractivity (Wildman–Crippen MR) is 370 cm³/mol. The van der Waals surface area contributed by atoms with Gasteiger partial charge in [-0.05, 0) is 162 Å². The van der Waals surface area contributed by atoms with Crippen molar-refractivity contribution in [3.8, 4) is 28.2 Å². The van der Waals surface area contributed by atoms with Gasteiger partial charge in [0, 0.05) is 53.9 Å². The van der Waals surface area contributed by atoms with Crippen LogP contribution in [0.15, 0.2) is 209 Å². The van der Waals surface area contributed by atoms with Crippen molar-refractivity contribution in [3.63, 3.8) is 0 Å². The molecular formula is C83H69N3O2. The van der Waals surface area contributed by atoms with Gasteiger partial charge in [0.1, 0.15) is 11.2 Å². The van der Waals surface area contributed by atoms with Crippen LogP contribution in [0.25, 0.3) is 137 Å². The summed E-state index contributed by atoms with van der Waals surface area (Å²) in [7, 11) is 0. The van der Waals surface area contributed by atoms with E-state index in [1.165, 1.54) is 105 Å². The lowest BCUT2D eigenvalue weighted by Crippen LogP contribution is -2.33. The van der Waals surface area contributed by atoms with Crippen molar-refractivity contribution in [1.29, 1.82) is 0 Å². The summed E-state index contributed by atoms with van der Waals surface area (Å²) in [5, 5.41) is 11.8. The first-order chi connectivity index (χ1) is 42.2. The summed E-state index contributed by atoms with van der Waals surface area (Å²) in [6.45, 7) is 27.9. The molecule has 11 aromatic carbocycles. The molecule has 88 heavy (non-hydrogen) atoms. The Morgan fingerprint density at radius 3 is 1.09 bits per heavy atom. The largest absolute Gasteiger partial charge is 0.454 e. The Bertz CT molecular complexity index is 5380. The summed E-state index contributed by atoms with van der Waals surface area (Å²) in [6.07, 6.45) is 0. The van der Waals surface area contributed by atoms with Gasteiger partial charge in [-0.2, -0.15) is 0 Å². The molecule has 5 aromatic heterocycles. The summed E-state index contributed by atoms with van der Waals surface area (Å²) in [5.74, 6) is 0. The standard InChI is InChI=1S/C83H69N3O2/c1-79(2,3)46-32-36-63-54(40-46)55-41-47(80(4,5)6)33-37-64(55)84(63)68-44-60-74(72-52-23-14-19-30-70(52)87-77(68)72)75-61(83(60)58-26-16-18-29-67(58)86-62-28-17-13-22-50(62)51-25-21-27-59(83)76(51)86)45-69(78-73(75)53-24-15-20-31-71(53)88-78)85-65-38-34-48(81(7,8)9)42-56(65)57-43-49(82(10,11)12)35-39-66(57)85/h13-45H,1-12H3. The second-order valence-electron chi connectivity index (χ2n) is 29.7. The van der Waals surface area contributed by atoms with Crippen LogP contribution in [0.2, 0.25) is 0 Å². The Balaban J connectivity index is 1.09. The summed E-state index contributed by atoms with van der Waals surface area (Å²) < 4.78 is 22.8. The molecule has 18 rings (SSSR count). The number of hydrogen-bond acceptors (Lipinski definition) is 2. The van der Waals surface area contributed by atoms with Gasteiger partial charge in [-0.25, -0.2) is 0 Å². The van der Waals surface area contributed by atoms with E-state index in [9.17, 15) is 0 Å². The molecule has 5 nitrogen and oxygen atoms in total. The molecule has 0 fully saturated rings. The number of aromatic nitrogens is 3. The third kappa shape index (κ3) is 6.61. The minimum Gasteiger partial charge on any atom is -0.454 e. The fourth-order valence-electron chi connectivity index (χ4n) is 16.1.